The van der Waals surface area contributed by atoms with Crippen molar-refractivity contribution in [1.82, 2.24) is 20.2 Å². The summed E-state index contributed by atoms with van der Waals surface area (Å²) >= 11 is 0. The normalized spacial score (nSPS) is 14.2. The van der Waals surface area contributed by atoms with Crippen LogP contribution in [0.3, 0.4) is 0 Å². The van der Waals surface area contributed by atoms with Crippen molar-refractivity contribution in [2.45, 2.75) is 26.3 Å². The second-order valence-electron chi connectivity index (χ2n) is 7.58. The summed E-state index contributed by atoms with van der Waals surface area (Å²) in [4.78, 5) is 22.0. The highest BCUT2D eigenvalue weighted by atomic mass is 16.5. The minimum Gasteiger partial charge on any atom is -0.497 e. The molecule has 3 aromatic rings. The molecule has 0 saturated carbocycles. The highest BCUT2D eigenvalue weighted by molar-refractivity contribution is 5.93. The Balaban J connectivity index is 1.62. The number of aromatic nitrogens is 2. The van der Waals surface area contributed by atoms with Crippen LogP contribution in [0.25, 0.3) is 27.7 Å². The molecule has 0 fully saturated rings. The summed E-state index contributed by atoms with van der Waals surface area (Å²) in [6.45, 7) is 5.27. The fourth-order valence-corrected chi connectivity index (χ4v) is 3.67. The van der Waals surface area contributed by atoms with Crippen LogP contribution < -0.4 is 10.1 Å². The summed E-state index contributed by atoms with van der Waals surface area (Å²) in [5.74, 6) is 0.826. The number of ether oxygens (including phenoxy) is 1. The summed E-state index contributed by atoms with van der Waals surface area (Å²) in [5, 5.41) is 4.05. The summed E-state index contributed by atoms with van der Waals surface area (Å²) in [5.41, 5.74) is 5.38. The van der Waals surface area contributed by atoms with Crippen molar-refractivity contribution in [3.05, 3.63) is 54.4 Å². The standard InChI is InChI=1S/C23H26N4O2/c1-15(2)26-23(28)27-9-7-16(8-10-27)21-14-25-22-20(21)12-18(13-24-22)17-5-4-6-19(11-17)29-3/h4-7,11-15H,8-10H2,1-3H3,(H,24,25)(H,26,28). The van der Waals surface area contributed by atoms with Gasteiger partial charge in [0.05, 0.1) is 7.11 Å². The molecule has 1 aliphatic rings. The second kappa shape index (κ2) is 7.99. The van der Waals surface area contributed by atoms with E-state index >= 15 is 0 Å². The molecule has 6 nitrogen and oxygen atoms in total. The lowest BCUT2D eigenvalue weighted by molar-refractivity contribution is 0.200. The number of hydrogen-bond donors (Lipinski definition) is 2. The van der Waals surface area contributed by atoms with Crippen LogP contribution in [0.4, 0.5) is 4.79 Å². The number of aromatic amines is 1. The van der Waals surface area contributed by atoms with E-state index in [0.29, 0.717) is 13.1 Å². The van der Waals surface area contributed by atoms with E-state index < -0.39 is 0 Å². The number of urea groups is 1. The number of benzene rings is 1. The van der Waals surface area contributed by atoms with E-state index in [1.165, 1.54) is 5.57 Å². The van der Waals surface area contributed by atoms with Gasteiger partial charge in [-0.25, -0.2) is 9.78 Å². The number of rotatable bonds is 4. The Morgan fingerprint density at radius 2 is 2.14 bits per heavy atom. The Hall–Kier alpha value is -3.28. The van der Waals surface area contributed by atoms with E-state index in [2.05, 4.69) is 33.5 Å². The van der Waals surface area contributed by atoms with Gasteiger partial charge in [-0.1, -0.05) is 18.2 Å². The maximum absolute atomic E-state index is 12.2. The van der Waals surface area contributed by atoms with Crippen LogP contribution >= 0.6 is 0 Å². The topological polar surface area (TPSA) is 70.2 Å². The molecular formula is C23H26N4O2. The Labute approximate surface area is 170 Å². The molecule has 2 N–H and O–H groups in total. The van der Waals surface area contributed by atoms with Gasteiger partial charge in [-0.15, -0.1) is 0 Å². The number of nitrogens with zero attached hydrogens (tertiary/aromatic N) is 2. The average Bonchev–Trinajstić information content (AvgIpc) is 3.16. The number of pyridine rings is 1. The molecule has 0 spiro atoms. The van der Waals surface area contributed by atoms with Gasteiger partial charge in [0.25, 0.3) is 0 Å². The molecule has 1 aromatic carbocycles. The van der Waals surface area contributed by atoms with Crippen LogP contribution in [0.2, 0.25) is 0 Å². The third kappa shape index (κ3) is 3.97. The summed E-state index contributed by atoms with van der Waals surface area (Å²) in [6, 6.07) is 10.3. The van der Waals surface area contributed by atoms with Gasteiger partial charge < -0.3 is 19.9 Å². The van der Waals surface area contributed by atoms with E-state index in [-0.39, 0.29) is 12.1 Å². The molecule has 0 saturated heterocycles. The zero-order valence-electron chi connectivity index (χ0n) is 17.0. The van der Waals surface area contributed by atoms with Crippen molar-refractivity contribution in [2.75, 3.05) is 20.2 Å². The fraction of sp³-hybridized carbons (Fsp3) is 0.304. The first-order valence-electron chi connectivity index (χ1n) is 9.91. The minimum atomic E-state index is -0.00351. The van der Waals surface area contributed by atoms with Gasteiger partial charge >= 0.3 is 6.03 Å². The van der Waals surface area contributed by atoms with Gasteiger partial charge in [-0.2, -0.15) is 0 Å². The lowest BCUT2D eigenvalue weighted by Gasteiger charge is -2.27. The first kappa shape index (κ1) is 19.1. The van der Waals surface area contributed by atoms with Crippen molar-refractivity contribution >= 4 is 22.6 Å². The van der Waals surface area contributed by atoms with Crippen LogP contribution in [0.1, 0.15) is 25.8 Å². The number of nitrogens with one attached hydrogen (secondary N) is 2. The average molecular weight is 390 g/mol. The van der Waals surface area contributed by atoms with Crippen molar-refractivity contribution in [2.24, 2.45) is 0 Å². The predicted molar refractivity (Wildman–Crippen MR) is 116 cm³/mol. The Morgan fingerprint density at radius 3 is 2.86 bits per heavy atom. The summed E-state index contributed by atoms with van der Waals surface area (Å²) < 4.78 is 5.35. The number of hydrogen-bond acceptors (Lipinski definition) is 3. The molecule has 0 unspecified atom stereocenters. The van der Waals surface area contributed by atoms with Gasteiger partial charge in [-0.05, 0) is 49.6 Å². The lowest BCUT2D eigenvalue weighted by Crippen LogP contribution is -2.44. The first-order valence-corrected chi connectivity index (χ1v) is 9.91. The quantitative estimate of drug-likeness (QED) is 0.692. The molecule has 2 aromatic heterocycles. The van der Waals surface area contributed by atoms with Crippen LogP contribution in [0.5, 0.6) is 5.75 Å². The number of amides is 2. The fourth-order valence-electron chi connectivity index (χ4n) is 3.67. The molecule has 6 heteroatoms. The molecule has 4 rings (SSSR count). The minimum absolute atomic E-state index is 0.00351. The van der Waals surface area contributed by atoms with E-state index in [0.717, 1.165) is 39.9 Å². The summed E-state index contributed by atoms with van der Waals surface area (Å²) in [6.07, 6.45) is 6.86. The molecule has 2 amide bonds. The highest BCUT2D eigenvalue weighted by Crippen LogP contribution is 2.32. The molecule has 3 heterocycles. The third-order valence-electron chi connectivity index (χ3n) is 5.19. The summed E-state index contributed by atoms with van der Waals surface area (Å²) in [7, 11) is 1.67. The second-order valence-corrected chi connectivity index (χ2v) is 7.58. The predicted octanol–water partition coefficient (Wildman–Crippen LogP) is 4.45. The number of carbonyl (C=O) groups is 1. The Bertz CT molecular complexity index is 1070. The number of H-pyrrole nitrogens is 1. The van der Waals surface area contributed by atoms with Gasteiger partial charge in [0, 0.05) is 48.0 Å². The molecule has 0 aliphatic carbocycles. The Morgan fingerprint density at radius 1 is 1.28 bits per heavy atom. The Kier molecular flexibility index (Phi) is 5.25. The van der Waals surface area contributed by atoms with Gasteiger partial charge in [0.1, 0.15) is 11.4 Å². The van der Waals surface area contributed by atoms with Crippen molar-refractivity contribution in [1.29, 1.82) is 0 Å². The van der Waals surface area contributed by atoms with Gasteiger partial charge in [0.2, 0.25) is 0 Å². The molecule has 29 heavy (non-hydrogen) atoms. The number of fused-ring (bicyclic) bond motifs is 1. The van der Waals surface area contributed by atoms with Gasteiger partial charge in [0.15, 0.2) is 0 Å². The zero-order chi connectivity index (χ0) is 20.4. The molecule has 0 bridgehead atoms. The monoisotopic (exact) mass is 390 g/mol. The first-order chi connectivity index (χ1) is 14.0. The maximum Gasteiger partial charge on any atom is 0.317 e. The van der Waals surface area contributed by atoms with E-state index in [1.807, 2.05) is 49.3 Å². The van der Waals surface area contributed by atoms with E-state index in [1.54, 1.807) is 7.11 Å². The highest BCUT2D eigenvalue weighted by Gasteiger charge is 2.20. The molecule has 0 atom stereocenters. The molecule has 150 valence electrons. The van der Waals surface area contributed by atoms with Crippen molar-refractivity contribution in [3.8, 4) is 16.9 Å². The molecular weight excluding hydrogens is 364 g/mol. The number of carbonyl (C=O) groups excluding carboxylic acids is 1. The smallest absolute Gasteiger partial charge is 0.317 e. The zero-order valence-corrected chi connectivity index (χ0v) is 17.0. The van der Waals surface area contributed by atoms with Crippen molar-refractivity contribution < 1.29 is 9.53 Å². The van der Waals surface area contributed by atoms with E-state index in [4.69, 9.17) is 4.74 Å². The number of methoxy groups -OCH3 is 1. The van der Waals surface area contributed by atoms with Crippen LogP contribution in [0.15, 0.2) is 48.8 Å². The lowest BCUT2D eigenvalue weighted by atomic mass is 9.98. The SMILES string of the molecule is COc1cccc(-c2cnc3[nH]cc(C4=CCN(C(=O)NC(C)C)CC4)c3c2)c1. The third-order valence-corrected chi connectivity index (χ3v) is 5.19. The maximum atomic E-state index is 12.2. The van der Waals surface area contributed by atoms with Crippen LogP contribution in [-0.2, 0) is 0 Å². The molecule has 1 aliphatic heterocycles. The van der Waals surface area contributed by atoms with Gasteiger partial charge in [-0.3, -0.25) is 0 Å². The van der Waals surface area contributed by atoms with Crippen molar-refractivity contribution in [3.63, 3.8) is 0 Å². The van der Waals surface area contributed by atoms with Crippen LogP contribution in [-0.4, -0.2) is 47.1 Å². The molecule has 0 radical (unpaired) electrons. The largest absolute Gasteiger partial charge is 0.497 e. The van der Waals surface area contributed by atoms with Crippen LogP contribution in [0, 0.1) is 0 Å². The van der Waals surface area contributed by atoms with E-state index in [9.17, 15) is 4.79 Å².